The molecule has 0 N–H and O–H groups in total. The van der Waals surface area contributed by atoms with Gasteiger partial charge in [-0.2, -0.15) is 0 Å². The largest absolute Gasteiger partial charge is 0.494 e. The van der Waals surface area contributed by atoms with E-state index in [1.165, 1.54) is 33.1 Å². The number of nitrogens with zero attached hydrogens (tertiary/aromatic N) is 1. The first-order valence-corrected chi connectivity index (χ1v) is 8.35. The first-order valence-electron chi connectivity index (χ1n) is 8.35. The van der Waals surface area contributed by atoms with Crippen LogP contribution >= 0.6 is 0 Å². The smallest absolute Gasteiger partial charge is 0.356 e. The van der Waals surface area contributed by atoms with Crippen molar-refractivity contribution in [3.63, 3.8) is 0 Å². The van der Waals surface area contributed by atoms with E-state index in [-0.39, 0.29) is 11.3 Å². The van der Waals surface area contributed by atoms with Crippen LogP contribution in [0.3, 0.4) is 0 Å². The molecule has 6 heteroatoms. The number of rotatable bonds is 8. The number of aromatic nitrogens is 1. The monoisotopic (exact) mass is 345 g/mol. The Hall–Kier alpha value is -2.63. The van der Waals surface area contributed by atoms with Crippen molar-refractivity contribution in [2.24, 2.45) is 0 Å². The summed E-state index contributed by atoms with van der Waals surface area (Å²) in [5.41, 5.74) is 0.814. The normalized spacial score (nSPS) is 10.5. The molecule has 0 saturated carbocycles. The average molecular weight is 345 g/mol. The lowest BCUT2D eigenvalue weighted by atomic mass is 10.1. The van der Waals surface area contributed by atoms with Crippen LogP contribution in [0, 0.1) is 0 Å². The van der Waals surface area contributed by atoms with Crippen LogP contribution in [0.4, 0.5) is 0 Å². The maximum absolute atomic E-state index is 12.1. The Morgan fingerprint density at radius 2 is 1.76 bits per heavy atom. The van der Waals surface area contributed by atoms with Gasteiger partial charge in [0, 0.05) is 5.39 Å². The van der Waals surface area contributed by atoms with Crippen LogP contribution in [-0.2, 0) is 9.47 Å². The number of unbranched alkanes of at least 4 members (excludes halogenated alkanes) is 3. The highest BCUT2D eigenvalue weighted by atomic mass is 16.5. The molecule has 134 valence electrons. The number of carbonyl (C=O) groups excluding carboxylic acids is 2. The van der Waals surface area contributed by atoms with E-state index in [9.17, 15) is 9.59 Å². The molecule has 0 atom stereocenters. The third kappa shape index (κ3) is 4.68. The Labute approximate surface area is 147 Å². The van der Waals surface area contributed by atoms with E-state index >= 15 is 0 Å². The molecular formula is C19H23NO5. The summed E-state index contributed by atoms with van der Waals surface area (Å²) in [6.07, 6.45) is 4.47. The third-order valence-electron chi connectivity index (χ3n) is 3.85. The summed E-state index contributed by atoms with van der Waals surface area (Å²) in [6, 6.07) is 6.62. The molecule has 0 aliphatic rings. The maximum Gasteiger partial charge on any atom is 0.356 e. The van der Waals surface area contributed by atoms with Crippen molar-refractivity contribution < 1.29 is 23.8 Å². The van der Waals surface area contributed by atoms with Gasteiger partial charge in [-0.25, -0.2) is 14.6 Å². The van der Waals surface area contributed by atoms with Crippen LogP contribution < -0.4 is 4.74 Å². The summed E-state index contributed by atoms with van der Waals surface area (Å²) in [5.74, 6) is -0.497. The fourth-order valence-corrected chi connectivity index (χ4v) is 2.50. The molecular weight excluding hydrogens is 322 g/mol. The molecule has 1 aromatic carbocycles. The number of esters is 2. The molecule has 0 spiro atoms. The predicted molar refractivity (Wildman–Crippen MR) is 94.1 cm³/mol. The van der Waals surface area contributed by atoms with Crippen LogP contribution in [0.15, 0.2) is 24.3 Å². The van der Waals surface area contributed by atoms with E-state index in [0.717, 1.165) is 12.8 Å². The molecule has 0 aliphatic heterocycles. The van der Waals surface area contributed by atoms with Gasteiger partial charge in [-0.1, -0.05) is 26.2 Å². The summed E-state index contributed by atoms with van der Waals surface area (Å²) in [7, 11) is 2.56. The van der Waals surface area contributed by atoms with Gasteiger partial charge in [0.25, 0.3) is 0 Å². The Morgan fingerprint density at radius 3 is 2.44 bits per heavy atom. The lowest BCUT2D eigenvalue weighted by Crippen LogP contribution is -2.10. The molecule has 1 aromatic heterocycles. The fraction of sp³-hybridized carbons (Fsp3) is 0.421. The number of fused-ring (bicyclic) bond motifs is 1. The molecule has 2 aromatic rings. The molecule has 0 unspecified atom stereocenters. The van der Waals surface area contributed by atoms with Crippen molar-refractivity contribution in [3.05, 3.63) is 35.5 Å². The molecule has 0 amide bonds. The second kappa shape index (κ2) is 9.01. The van der Waals surface area contributed by atoms with Gasteiger partial charge in [-0.3, -0.25) is 0 Å². The average Bonchev–Trinajstić information content (AvgIpc) is 2.65. The van der Waals surface area contributed by atoms with E-state index in [0.29, 0.717) is 23.3 Å². The third-order valence-corrected chi connectivity index (χ3v) is 3.85. The highest BCUT2D eigenvalue weighted by Gasteiger charge is 2.18. The van der Waals surface area contributed by atoms with E-state index in [1.807, 2.05) is 0 Å². The zero-order valence-electron chi connectivity index (χ0n) is 14.8. The van der Waals surface area contributed by atoms with Crippen molar-refractivity contribution in [2.75, 3.05) is 20.8 Å². The summed E-state index contributed by atoms with van der Waals surface area (Å²) in [5, 5.41) is 0.575. The molecule has 6 nitrogen and oxygen atoms in total. The molecule has 0 saturated heterocycles. The Kier molecular flexibility index (Phi) is 6.74. The van der Waals surface area contributed by atoms with E-state index in [2.05, 4.69) is 16.6 Å². The summed E-state index contributed by atoms with van der Waals surface area (Å²) in [4.78, 5) is 28.1. The zero-order chi connectivity index (χ0) is 18.2. The minimum Gasteiger partial charge on any atom is -0.494 e. The molecule has 0 bridgehead atoms. The van der Waals surface area contributed by atoms with Crippen LogP contribution in [0.25, 0.3) is 10.9 Å². The van der Waals surface area contributed by atoms with Gasteiger partial charge >= 0.3 is 11.9 Å². The standard InChI is InChI=1S/C19H23NO5/c1-4-5-6-7-10-25-13-8-9-16-14(11-13)15(18(21)23-2)12-17(20-16)19(22)24-3/h8-9,11-12H,4-7,10H2,1-3H3. The quantitative estimate of drug-likeness (QED) is 0.535. The summed E-state index contributed by atoms with van der Waals surface area (Å²) >= 11 is 0. The number of hydrogen-bond acceptors (Lipinski definition) is 6. The van der Waals surface area contributed by atoms with Gasteiger partial charge in [0.15, 0.2) is 0 Å². The van der Waals surface area contributed by atoms with E-state index in [1.54, 1.807) is 18.2 Å². The zero-order valence-corrected chi connectivity index (χ0v) is 14.8. The molecule has 25 heavy (non-hydrogen) atoms. The van der Waals surface area contributed by atoms with Gasteiger partial charge in [0.1, 0.15) is 11.4 Å². The maximum atomic E-state index is 12.1. The summed E-state index contributed by atoms with van der Waals surface area (Å²) < 4.78 is 15.3. The number of methoxy groups -OCH3 is 2. The minimum atomic E-state index is -0.608. The second-order valence-corrected chi connectivity index (χ2v) is 5.63. The number of hydrogen-bond donors (Lipinski definition) is 0. The lowest BCUT2D eigenvalue weighted by molar-refractivity contribution is 0.0594. The molecule has 2 rings (SSSR count). The first-order chi connectivity index (χ1) is 12.1. The fourth-order valence-electron chi connectivity index (χ4n) is 2.50. The van der Waals surface area contributed by atoms with E-state index < -0.39 is 11.9 Å². The van der Waals surface area contributed by atoms with Gasteiger partial charge in [-0.15, -0.1) is 0 Å². The lowest BCUT2D eigenvalue weighted by Gasteiger charge is -2.10. The van der Waals surface area contributed by atoms with Crippen LogP contribution in [0.2, 0.25) is 0 Å². The number of carbonyl (C=O) groups is 2. The van der Waals surface area contributed by atoms with Crippen molar-refractivity contribution in [3.8, 4) is 5.75 Å². The number of ether oxygens (including phenoxy) is 3. The van der Waals surface area contributed by atoms with Gasteiger partial charge in [-0.05, 0) is 30.7 Å². The molecule has 0 radical (unpaired) electrons. The Balaban J connectivity index is 2.32. The molecule has 0 fully saturated rings. The van der Waals surface area contributed by atoms with Gasteiger partial charge in [0.2, 0.25) is 0 Å². The number of benzene rings is 1. The Bertz CT molecular complexity index is 757. The molecule has 1 heterocycles. The van der Waals surface area contributed by atoms with Crippen molar-refractivity contribution in [1.29, 1.82) is 0 Å². The van der Waals surface area contributed by atoms with E-state index in [4.69, 9.17) is 9.47 Å². The van der Waals surface area contributed by atoms with Crippen LogP contribution in [-0.4, -0.2) is 37.7 Å². The van der Waals surface area contributed by atoms with Crippen LogP contribution in [0.5, 0.6) is 5.75 Å². The highest BCUT2D eigenvalue weighted by Crippen LogP contribution is 2.25. The predicted octanol–water partition coefficient (Wildman–Crippen LogP) is 3.77. The highest BCUT2D eigenvalue weighted by molar-refractivity contribution is 6.06. The first kappa shape index (κ1) is 18.7. The van der Waals surface area contributed by atoms with Gasteiger partial charge in [0.05, 0.1) is 31.9 Å². The SMILES string of the molecule is CCCCCCOc1ccc2nc(C(=O)OC)cc(C(=O)OC)c2c1. The van der Waals surface area contributed by atoms with Crippen molar-refractivity contribution >= 4 is 22.8 Å². The minimum absolute atomic E-state index is 0.0589. The van der Waals surface area contributed by atoms with Crippen molar-refractivity contribution in [1.82, 2.24) is 4.98 Å². The van der Waals surface area contributed by atoms with Crippen molar-refractivity contribution in [2.45, 2.75) is 32.6 Å². The second-order valence-electron chi connectivity index (χ2n) is 5.63. The topological polar surface area (TPSA) is 74.7 Å². The Morgan fingerprint density at radius 1 is 1.00 bits per heavy atom. The molecule has 0 aliphatic carbocycles. The van der Waals surface area contributed by atoms with Crippen LogP contribution in [0.1, 0.15) is 53.5 Å². The van der Waals surface area contributed by atoms with Gasteiger partial charge < -0.3 is 14.2 Å². The summed E-state index contributed by atoms with van der Waals surface area (Å²) in [6.45, 7) is 2.78. The number of pyridine rings is 1.